The van der Waals surface area contributed by atoms with Gasteiger partial charge in [-0.05, 0) is 63.6 Å². The number of rotatable bonds is 7. The van der Waals surface area contributed by atoms with Crippen molar-refractivity contribution < 1.29 is 19.1 Å². The van der Waals surface area contributed by atoms with Crippen molar-refractivity contribution in [3.63, 3.8) is 0 Å². The van der Waals surface area contributed by atoms with E-state index in [-0.39, 0.29) is 23.1 Å². The molecule has 0 spiro atoms. The molecule has 0 radical (unpaired) electrons. The van der Waals surface area contributed by atoms with E-state index in [9.17, 15) is 9.59 Å². The van der Waals surface area contributed by atoms with Crippen molar-refractivity contribution in [1.29, 1.82) is 0 Å². The van der Waals surface area contributed by atoms with E-state index in [0.29, 0.717) is 36.0 Å². The molecule has 0 bridgehead atoms. The third kappa shape index (κ3) is 4.85. The lowest BCUT2D eigenvalue weighted by atomic mass is 10.1. The first-order valence-corrected chi connectivity index (χ1v) is 10.6. The van der Waals surface area contributed by atoms with Gasteiger partial charge in [-0.3, -0.25) is 9.59 Å². The van der Waals surface area contributed by atoms with Crippen LogP contribution in [0.2, 0.25) is 0 Å². The van der Waals surface area contributed by atoms with E-state index < -0.39 is 0 Å². The van der Waals surface area contributed by atoms with Gasteiger partial charge in [0, 0.05) is 10.5 Å². The molecule has 29 heavy (non-hydrogen) atoms. The Bertz CT molecular complexity index is 916. The summed E-state index contributed by atoms with van der Waals surface area (Å²) in [5, 5.41) is 5.73. The van der Waals surface area contributed by atoms with E-state index >= 15 is 0 Å². The smallest absolute Gasteiger partial charge is 0.251 e. The number of nitrogens with one attached hydrogen (secondary N) is 2. The molecule has 2 atom stereocenters. The summed E-state index contributed by atoms with van der Waals surface area (Å²) in [6.45, 7) is 8.70. The van der Waals surface area contributed by atoms with Gasteiger partial charge < -0.3 is 20.1 Å². The molecule has 2 amide bonds. The number of anilines is 1. The fraction of sp³-hybridized carbons (Fsp3) is 0.364. The summed E-state index contributed by atoms with van der Waals surface area (Å²) in [5.41, 5.74) is 2.10. The maximum Gasteiger partial charge on any atom is 0.251 e. The molecule has 6 nitrogen and oxygen atoms in total. The maximum atomic E-state index is 12.8. The van der Waals surface area contributed by atoms with Crippen LogP contribution in [-0.2, 0) is 4.79 Å². The number of amides is 2. The molecule has 0 saturated heterocycles. The zero-order chi connectivity index (χ0) is 21.0. The number of thioether (sulfide) groups is 1. The summed E-state index contributed by atoms with van der Waals surface area (Å²) in [4.78, 5) is 25.6. The zero-order valence-electron chi connectivity index (χ0n) is 17.1. The SMILES string of the molecule is CCOc1ccc([C@@H](C)NC(=O)c2ccc3c(c2)NC(=O)[C@@H](C)S3)cc1OCC. The predicted octanol–water partition coefficient (Wildman–Crippen LogP) is 4.41. The third-order valence-corrected chi connectivity index (χ3v) is 5.77. The molecule has 1 aliphatic heterocycles. The number of ether oxygens (including phenoxy) is 2. The average molecular weight is 415 g/mol. The molecule has 0 aromatic heterocycles. The molecular weight excluding hydrogens is 388 g/mol. The molecule has 7 heteroatoms. The molecule has 0 aliphatic carbocycles. The minimum Gasteiger partial charge on any atom is -0.490 e. The van der Waals surface area contributed by atoms with Gasteiger partial charge in [0.05, 0.1) is 30.2 Å². The highest BCUT2D eigenvalue weighted by Gasteiger charge is 2.24. The number of carbonyl (C=O) groups excluding carboxylic acids is 2. The topological polar surface area (TPSA) is 76.7 Å². The van der Waals surface area contributed by atoms with Crippen molar-refractivity contribution in [1.82, 2.24) is 5.32 Å². The van der Waals surface area contributed by atoms with Crippen LogP contribution < -0.4 is 20.1 Å². The van der Waals surface area contributed by atoms with Crippen LogP contribution in [0.25, 0.3) is 0 Å². The highest BCUT2D eigenvalue weighted by molar-refractivity contribution is 8.00. The normalized spacial score (nSPS) is 16.4. The molecule has 3 rings (SSSR count). The van der Waals surface area contributed by atoms with Crippen molar-refractivity contribution in [2.24, 2.45) is 0 Å². The van der Waals surface area contributed by atoms with Crippen LogP contribution in [0.5, 0.6) is 11.5 Å². The summed E-state index contributed by atoms with van der Waals surface area (Å²) in [5.74, 6) is 1.10. The van der Waals surface area contributed by atoms with Crippen molar-refractivity contribution in [2.45, 2.75) is 43.9 Å². The predicted molar refractivity (Wildman–Crippen MR) is 115 cm³/mol. The Labute approximate surface area is 175 Å². The number of benzene rings is 2. The van der Waals surface area contributed by atoms with Gasteiger partial charge in [0.2, 0.25) is 5.91 Å². The van der Waals surface area contributed by atoms with Gasteiger partial charge >= 0.3 is 0 Å². The quantitative estimate of drug-likeness (QED) is 0.702. The van der Waals surface area contributed by atoms with E-state index in [1.807, 2.05) is 52.0 Å². The van der Waals surface area contributed by atoms with E-state index in [4.69, 9.17) is 9.47 Å². The van der Waals surface area contributed by atoms with Crippen LogP contribution in [0, 0.1) is 0 Å². The van der Waals surface area contributed by atoms with E-state index in [0.717, 1.165) is 10.5 Å². The minimum absolute atomic E-state index is 0.0498. The van der Waals surface area contributed by atoms with Crippen LogP contribution in [0.15, 0.2) is 41.3 Å². The monoisotopic (exact) mass is 414 g/mol. The number of carbonyl (C=O) groups is 2. The molecule has 154 valence electrons. The fourth-order valence-corrected chi connectivity index (χ4v) is 3.98. The van der Waals surface area contributed by atoms with E-state index in [2.05, 4.69) is 10.6 Å². The standard InChI is InChI=1S/C22H26N2O4S/c1-5-27-18-9-7-15(12-19(18)28-6-2)13(3)23-22(26)16-8-10-20-17(11-16)24-21(25)14(4)29-20/h7-14H,5-6H2,1-4H3,(H,23,26)(H,24,25)/t13-,14-/m1/s1. The van der Waals surface area contributed by atoms with Gasteiger partial charge in [0.25, 0.3) is 5.91 Å². The second kappa shape index (κ2) is 9.22. The van der Waals surface area contributed by atoms with Crippen molar-refractivity contribution in [2.75, 3.05) is 18.5 Å². The van der Waals surface area contributed by atoms with Gasteiger partial charge in [-0.25, -0.2) is 0 Å². The molecule has 0 unspecified atom stereocenters. The minimum atomic E-state index is -0.225. The second-order valence-corrected chi connectivity index (χ2v) is 8.11. The Kier molecular flexibility index (Phi) is 6.69. The van der Waals surface area contributed by atoms with E-state index in [1.54, 1.807) is 12.1 Å². The Morgan fingerprint density at radius 3 is 2.59 bits per heavy atom. The highest BCUT2D eigenvalue weighted by atomic mass is 32.2. The van der Waals surface area contributed by atoms with Gasteiger partial charge in [-0.1, -0.05) is 6.07 Å². The molecular formula is C22H26N2O4S. The van der Waals surface area contributed by atoms with Crippen LogP contribution in [-0.4, -0.2) is 30.3 Å². The Balaban J connectivity index is 1.74. The van der Waals surface area contributed by atoms with Crippen LogP contribution >= 0.6 is 11.8 Å². The molecule has 2 aromatic rings. The first-order chi connectivity index (χ1) is 13.9. The lowest BCUT2D eigenvalue weighted by Gasteiger charge is -2.22. The van der Waals surface area contributed by atoms with Crippen LogP contribution in [0.4, 0.5) is 5.69 Å². The number of hydrogen-bond donors (Lipinski definition) is 2. The zero-order valence-corrected chi connectivity index (χ0v) is 17.9. The Morgan fingerprint density at radius 2 is 1.86 bits per heavy atom. The molecule has 1 heterocycles. The average Bonchev–Trinajstić information content (AvgIpc) is 2.70. The van der Waals surface area contributed by atoms with Crippen molar-refractivity contribution in [3.8, 4) is 11.5 Å². The summed E-state index contributed by atoms with van der Waals surface area (Å²) in [6.07, 6.45) is 0. The summed E-state index contributed by atoms with van der Waals surface area (Å²) in [7, 11) is 0. The van der Waals surface area contributed by atoms with Crippen LogP contribution in [0.1, 0.15) is 49.7 Å². The molecule has 2 aromatic carbocycles. The van der Waals surface area contributed by atoms with Gasteiger partial charge in [-0.15, -0.1) is 11.8 Å². The lowest BCUT2D eigenvalue weighted by Crippen LogP contribution is -2.28. The number of hydrogen-bond acceptors (Lipinski definition) is 5. The van der Waals surface area contributed by atoms with E-state index in [1.165, 1.54) is 11.8 Å². The second-order valence-electron chi connectivity index (χ2n) is 6.73. The Hall–Kier alpha value is -2.67. The molecule has 0 saturated carbocycles. The third-order valence-electron chi connectivity index (χ3n) is 4.59. The molecule has 1 aliphatic rings. The molecule has 0 fully saturated rings. The maximum absolute atomic E-state index is 12.8. The molecule has 2 N–H and O–H groups in total. The summed E-state index contributed by atoms with van der Waals surface area (Å²) >= 11 is 1.49. The largest absolute Gasteiger partial charge is 0.490 e. The van der Waals surface area contributed by atoms with Gasteiger partial charge in [-0.2, -0.15) is 0 Å². The first-order valence-electron chi connectivity index (χ1n) is 9.74. The van der Waals surface area contributed by atoms with Crippen LogP contribution in [0.3, 0.4) is 0 Å². The van der Waals surface area contributed by atoms with Gasteiger partial charge in [0.1, 0.15) is 0 Å². The fourth-order valence-electron chi connectivity index (χ4n) is 3.05. The van der Waals surface area contributed by atoms with Gasteiger partial charge in [0.15, 0.2) is 11.5 Å². The number of fused-ring (bicyclic) bond motifs is 1. The van der Waals surface area contributed by atoms with Crippen molar-refractivity contribution in [3.05, 3.63) is 47.5 Å². The lowest BCUT2D eigenvalue weighted by molar-refractivity contribution is -0.115. The Morgan fingerprint density at radius 1 is 1.14 bits per heavy atom. The first kappa shape index (κ1) is 21.0. The van der Waals surface area contributed by atoms with Crippen molar-refractivity contribution >= 4 is 29.3 Å². The highest BCUT2D eigenvalue weighted by Crippen LogP contribution is 2.36. The summed E-state index contributed by atoms with van der Waals surface area (Å²) in [6, 6.07) is 10.8. The summed E-state index contributed by atoms with van der Waals surface area (Å²) < 4.78 is 11.3.